The molecule has 12 heteroatoms. The van der Waals surface area contributed by atoms with Crippen LogP contribution in [0.25, 0.3) is 15.9 Å². The summed E-state index contributed by atoms with van der Waals surface area (Å²) in [4.78, 5) is 39.3. The number of fused-ring (bicyclic) bond motifs is 1. The topological polar surface area (TPSA) is 138 Å². The normalized spacial score (nSPS) is 11.5. The molecule has 2 heterocycles. The second kappa shape index (κ2) is 7.69. The number of aromatic carboxylic acids is 1. The first-order chi connectivity index (χ1) is 14.7. The number of anilines is 1. The maximum absolute atomic E-state index is 12.9. The SMILES string of the molecule is O=C(O)c1ccccc1NS(=O)(=O)c1ccc(Cl)c(-n2c(=O)[nH]c3sccc3c2=O)c1. The van der Waals surface area contributed by atoms with Crippen LogP contribution in [0.3, 0.4) is 0 Å². The van der Waals surface area contributed by atoms with Crippen LogP contribution >= 0.6 is 22.9 Å². The Balaban J connectivity index is 1.85. The number of carboxylic acid groups (broad SMARTS) is 1. The number of para-hydroxylation sites is 1. The molecule has 0 saturated carbocycles. The Labute approximate surface area is 183 Å². The number of aromatic nitrogens is 2. The molecule has 0 fully saturated rings. The summed E-state index contributed by atoms with van der Waals surface area (Å²) in [7, 11) is -4.27. The summed E-state index contributed by atoms with van der Waals surface area (Å²) in [5, 5.41) is 11.1. The molecule has 0 amide bonds. The maximum Gasteiger partial charge on any atom is 0.337 e. The summed E-state index contributed by atoms with van der Waals surface area (Å²) in [5.41, 5.74) is -1.94. The van der Waals surface area contributed by atoms with Crippen molar-refractivity contribution >= 4 is 54.8 Å². The van der Waals surface area contributed by atoms with E-state index in [9.17, 15) is 27.9 Å². The van der Waals surface area contributed by atoms with E-state index in [4.69, 9.17) is 11.6 Å². The molecule has 0 bridgehead atoms. The highest BCUT2D eigenvalue weighted by Gasteiger charge is 2.21. The van der Waals surface area contributed by atoms with Gasteiger partial charge in [-0.05, 0) is 41.8 Å². The lowest BCUT2D eigenvalue weighted by atomic mass is 10.2. The molecule has 4 aromatic rings. The Kier molecular flexibility index (Phi) is 5.17. The fourth-order valence-corrected chi connectivity index (χ4v) is 5.02. The van der Waals surface area contributed by atoms with E-state index >= 15 is 0 Å². The number of carbonyl (C=O) groups is 1. The Bertz CT molecular complexity index is 1570. The van der Waals surface area contributed by atoms with Crippen LogP contribution < -0.4 is 16.0 Å². The second-order valence-corrected chi connectivity index (χ2v) is 9.31. The van der Waals surface area contributed by atoms with Gasteiger partial charge in [-0.15, -0.1) is 11.3 Å². The van der Waals surface area contributed by atoms with Gasteiger partial charge in [-0.25, -0.2) is 22.6 Å². The highest BCUT2D eigenvalue weighted by Crippen LogP contribution is 2.26. The lowest BCUT2D eigenvalue weighted by Gasteiger charge is -2.13. The minimum atomic E-state index is -4.27. The number of carboxylic acids is 1. The Morgan fingerprint density at radius 3 is 2.61 bits per heavy atom. The standard InChI is InChI=1S/C19H12ClN3O6S2/c20-13-6-5-10(31(28,29)22-14-4-2-1-3-11(14)18(25)26)9-15(13)23-17(24)12-7-8-30-16(12)21-19(23)27/h1-9,22H,(H,21,27)(H,25,26). The predicted molar refractivity (Wildman–Crippen MR) is 117 cm³/mol. The molecule has 0 unspecified atom stereocenters. The Hall–Kier alpha value is -3.41. The number of hydrogen-bond acceptors (Lipinski definition) is 6. The van der Waals surface area contributed by atoms with Gasteiger partial charge in [0.15, 0.2) is 0 Å². The van der Waals surface area contributed by atoms with Crippen LogP contribution in [0, 0.1) is 0 Å². The second-order valence-electron chi connectivity index (χ2n) is 6.30. The van der Waals surface area contributed by atoms with Crippen molar-refractivity contribution in [2.24, 2.45) is 0 Å². The third kappa shape index (κ3) is 3.74. The molecular formula is C19H12ClN3O6S2. The third-order valence-electron chi connectivity index (χ3n) is 4.39. The zero-order valence-corrected chi connectivity index (χ0v) is 17.7. The molecule has 3 N–H and O–H groups in total. The van der Waals surface area contributed by atoms with Gasteiger partial charge in [-0.1, -0.05) is 23.7 Å². The summed E-state index contributed by atoms with van der Waals surface area (Å²) in [6, 6.07) is 10.5. The molecule has 0 aliphatic heterocycles. The van der Waals surface area contributed by atoms with Crippen molar-refractivity contribution < 1.29 is 18.3 Å². The van der Waals surface area contributed by atoms with Crippen LogP contribution in [0.5, 0.6) is 0 Å². The van der Waals surface area contributed by atoms with E-state index < -0.39 is 27.2 Å². The number of hydrogen-bond donors (Lipinski definition) is 3. The highest BCUT2D eigenvalue weighted by molar-refractivity contribution is 7.92. The van der Waals surface area contributed by atoms with Crippen molar-refractivity contribution in [3.63, 3.8) is 0 Å². The molecular weight excluding hydrogens is 466 g/mol. The van der Waals surface area contributed by atoms with Crippen LogP contribution in [0.1, 0.15) is 10.4 Å². The first-order valence-corrected chi connectivity index (χ1v) is 11.3. The van der Waals surface area contributed by atoms with E-state index in [2.05, 4.69) is 9.71 Å². The molecule has 2 aromatic heterocycles. The molecule has 0 saturated heterocycles. The molecule has 0 aliphatic carbocycles. The summed E-state index contributed by atoms with van der Waals surface area (Å²) >= 11 is 7.35. The number of sulfonamides is 1. The fourth-order valence-electron chi connectivity index (χ4n) is 2.95. The number of halogens is 1. The van der Waals surface area contributed by atoms with Gasteiger partial charge in [0, 0.05) is 0 Å². The van der Waals surface area contributed by atoms with Crippen molar-refractivity contribution in [1.29, 1.82) is 0 Å². The number of nitrogens with one attached hydrogen (secondary N) is 2. The fraction of sp³-hybridized carbons (Fsp3) is 0. The molecule has 9 nitrogen and oxygen atoms in total. The molecule has 2 aromatic carbocycles. The van der Waals surface area contributed by atoms with Gasteiger partial charge in [-0.2, -0.15) is 0 Å². The predicted octanol–water partition coefficient (Wildman–Crippen LogP) is 2.89. The van der Waals surface area contributed by atoms with Crippen LogP contribution in [0.2, 0.25) is 5.02 Å². The molecule has 0 atom stereocenters. The van der Waals surface area contributed by atoms with Crippen molar-refractivity contribution in [2.45, 2.75) is 4.90 Å². The van der Waals surface area contributed by atoms with E-state index in [1.54, 1.807) is 5.38 Å². The van der Waals surface area contributed by atoms with Crippen LogP contribution in [-0.4, -0.2) is 29.0 Å². The van der Waals surface area contributed by atoms with Gasteiger partial charge in [0.1, 0.15) is 4.83 Å². The Morgan fingerprint density at radius 1 is 1.13 bits per heavy atom. The van der Waals surface area contributed by atoms with Crippen molar-refractivity contribution in [3.8, 4) is 5.69 Å². The molecule has 0 radical (unpaired) electrons. The molecule has 0 aliphatic rings. The molecule has 0 spiro atoms. The molecule has 4 rings (SSSR count). The highest BCUT2D eigenvalue weighted by atomic mass is 35.5. The van der Waals surface area contributed by atoms with E-state index in [1.807, 2.05) is 0 Å². The summed E-state index contributed by atoms with van der Waals surface area (Å²) in [6.45, 7) is 0. The van der Waals surface area contributed by atoms with Gasteiger partial charge in [0.2, 0.25) is 0 Å². The van der Waals surface area contributed by atoms with E-state index in [0.717, 1.165) is 10.6 Å². The van der Waals surface area contributed by atoms with Crippen LogP contribution in [0.4, 0.5) is 5.69 Å². The van der Waals surface area contributed by atoms with Gasteiger partial charge in [0.05, 0.1) is 32.2 Å². The lowest BCUT2D eigenvalue weighted by molar-refractivity contribution is 0.0698. The van der Waals surface area contributed by atoms with Gasteiger partial charge < -0.3 is 5.11 Å². The number of aromatic amines is 1. The molecule has 31 heavy (non-hydrogen) atoms. The van der Waals surface area contributed by atoms with Crippen molar-refractivity contribution in [1.82, 2.24) is 9.55 Å². The molecule has 158 valence electrons. The largest absolute Gasteiger partial charge is 0.478 e. The van der Waals surface area contributed by atoms with Crippen LogP contribution in [0.15, 0.2) is 68.4 Å². The first kappa shape index (κ1) is 20.8. The minimum Gasteiger partial charge on any atom is -0.478 e. The quantitative estimate of drug-likeness (QED) is 0.404. The van der Waals surface area contributed by atoms with E-state index in [0.29, 0.717) is 4.83 Å². The van der Waals surface area contributed by atoms with Crippen molar-refractivity contribution in [2.75, 3.05) is 4.72 Å². The monoisotopic (exact) mass is 477 g/mol. The van der Waals surface area contributed by atoms with Gasteiger partial charge in [-0.3, -0.25) is 14.5 Å². The maximum atomic E-state index is 12.9. The minimum absolute atomic E-state index is 0.0212. The van der Waals surface area contributed by atoms with Gasteiger partial charge in [0.25, 0.3) is 15.6 Å². The van der Waals surface area contributed by atoms with Gasteiger partial charge >= 0.3 is 11.7 Å². The average molecular weight is 478 g/mol. The number of thiophene rings is 1. The third-order valence-corrected chi connectivity index (χ3v) is 6.91. The zero-order chi connectivity index (χ0) is 22.3. The van der Waals surface area contributed by atoms with Crippen molar-refractivity contribution in [3.05, 3.63) is 85.3 Å². The smallest absolute Gasteiger partial charge is 0.337 e. The van der Waals surface area contributed by atoms with Crippen LogP contribution in [-0.2, 0) is 10.0 Å². The summed E-state index contributed by atoms with van der Waals surface area (Å²) in [6.07, 6.45) is 0. The average Bonchev–Trinajstić information content (AvgIpc) is 3.17. The van der Waals surface area contributed by atoms with E-state index in [-0.39, 0.29) is 32.2 Å². The Morgan fingerprint density at radius 2 is 1.87 bits per heavy atom. The first-order valence-electron chi connectivity index (χ1n) is 8.56. The summed E-state index contributed by atoms with van der Waals surface area (Å²) in [5.74, 6) is -1.31. The lowest BCUT2D eigenvalue weighted by Crippen LogP contribution is -2.33. The number of H-pyrrole nitrogens is 1. The zero-order valence-electron chi connectivity index (χ0n) is 15.3. The summed E-state index contributed by atoms with van der Waals surface area (Å²) < 4.78 is 28.8. The number of benzene rings is 2. The number of rotatable bonds is 5. The number of nitrogens with zero attached hydrogens (tertiary/aromatic N) is 1. The van der Waals surface area contributed by atoms with E-state index in [1.165, 1.54) is 53.8 Å².